The number of hydrogen-bond donors (Lipinski definition) is 1. The Kier molecular flexibility index (Phi) is 5.85. The Hall–Kier alpha value is -2.80. The molecule has 1 fully saturated rings. The van der Waals surface area contributed by atoms with E-state index in [1.165, 1.54) is 12.1 Å². The molecule has 0 bridgehead atoms. The highest BCUT2D eigenvalue weighted by Gasteiger charge is 2.22. The Morgan fingerprint density at radius 1 is 1.31 bits per heavy atom. The van der Waals surface area contributed by atoms with E-state index in [0.717, 1.165) is 61.1 Å². The van der Waals surface area contributed by atoms with E-state index in [-0.39, 0.29) is 11.7 Å². The van der Waals surface area contributed by atoms with Crippen molar-refractivity contribution < 1.29 is 13.8 Å². The second-order valence-corrected chi connectivity index (χ2v) is 7.84. The van der Waals surface area contributed by atoms with Crippen LogP contribution in [-0.4, -0.2) is 34.2 Å². The first-order valence-corrected chi connectivity index (χ1v) is 10.1. The summed E-state index contributed by atoms with van der Waals surface area (Å²) in [5.74, 6) is 0.175. The first-order valence-electron chi connectivity index (χ1n) is 10.1. The van der Waals surface area contributed by atoms with E-state index in [2.05, 4.69) is 26.6 Å². The molecule has 7 heteroatoms. The minimum Gasteiger partial charge on any atom is -0.326 e. The van der Waals surface area contributed by atoms with Crippen LogP contribution in [0.15, 0.2) is 41.0 Å². The number of rotatable bonds is 6. The molecule has 29 heavy (non-hydrogen) atoms. The molecule has 152 valence electrons. The molecule has 0 spiro atoms. The highest BCUT2D eigenvalue weighted by Crippen LogP contribution is 2.25. The number of nitrogens with zero attached hydrogens (tertiary/aromatic N) is 3. The van der Waals surface area contributed by atoms with Crippen LogP contribution in [0, 0.1) is 18.7 Å². The Bertz CT molecular complexity index is 1000. The summed E-state index contributed by atoms with van der Waals surface area (Å²) in [5, 5.41) is 10.8. The first kappa shape index (κ1) is 19.5. The van der Waals surface area contributed by atoms with Crippen molar-refractivity contribution in [1.29, 1.82) is 0 Å². The smallest absolute Gasteiger partial charge is 0.224 e. The number of anilines is 1. The van der Waals surface area contributed by atoms with Gasteiger partial charge in [0, 0.05) is 25.2 Å². The lowest BCUT2D eigenvalue weighted by Gasteiger charge is -2.32. The molecule has 1 N–H and O–H groups in total. The maximum Gasteiger partial charge on any atom is 0.224 e. The van der Waals surface area contributed by atoms with Crippen LogP contribution in [0.4, 0.5) is 10.1 Å². The van der Waals surface area contributed by atoms with Crippen LogP contribution in [0.2, 0.25) is 0 Å². The van der Waals surface area contributed by atoms with Crippen molar-refractivity contribution in [2.45, 2.75) is 39.2 Å². The molecule has 0 saturated carbocycles. The summed E-state index contributed by atoms with van der Waals surface area (Å²) in [7, 11) is 0. The second kappa shape index (κ2) is 8.69. The van der Waals surface area contributed by atoms with Gasteiger partial charge in [0.2, 0.25) is 5.91 Å². The predicted molar refractivity (Wildman–Crippen MR) is 109 cm³/mol. The van der Waals surface area contributed by atoms with E-state index in [9.17, 15) is 9.18 Å². The lowest BCUT2D eigenvalue weighted by Crippen LogP contribution is -2.35. The van der Waals surface area contributed by atoms with Crippen LogP contribution < -0.4 is 5.32 Å². The Labute approximate surface area is 169 Å². The normalized spacial score (nSPS) is 17.5. The number of likely N-dealkylation sites (tertiary alicyclic amines) is 1. The highest BCUT2D eigenvalue weighted by atomic mass is 19.1. The maximum atomic E-state index is 13.2. The van der Waals surface area contributed by atoms with Crippen molar-refractivity contribution in [2.75, 3.05) is 18.4 Å². The number of piperidine rings is 1. The average molecular weight is 396 g/mol. The molecule has 1 atom stereocenters. The van der Waals surface area contributed by atoms with Gasteiger partial charge in [-0.1, -0.05) is 12.1 Å². The van der Waals surface area contributed by atoms with E-state index < -0.39 is 0 Å². The molecule has 1 saturated heterocycles. The van der Waals surface area contributed by atoms with E-state index in [0.29, 0.717) is 18.0 Å². The van der Waals surface area contributed by atoms with Gasteiger partial charge in [0.15, 0.2) is 0 Å². The number of halogens is 1. The van der Waals surface area contributed by atoms with Crippen molar-refractivity contribution in [3.63, 3.8) is 0 Å². The number of carbonyl (C=O) groups excluding carboxylic acids is 1. The van der Waals surface area contributed by atoms with E-state index >= 15 is 0 Å². The lowest BCUT2D eigenvalue weighted by atomic mass is 9.93. The molecule has 1 amide bonds. The van der Waals surface area contributed by atoms with Crippen LogP contribution in [0.1, 0.15) is 36.8 Å². The van der Waals surface area contributed by atoms with E-state index in [4.69, 9.17) is 4.63 Å². The number of aromatic nitrogens is 2. The van der Waals surface area contributed by atoms with Crippen LogP contribution >= 0.6 is 0 Å². The molecular formula is C22H25FN4O2. The third-order valence-corrected chi connectivity index (χ3v) is 5.61. The number of aryl methyl sites for hydroxylation is 1. The van der Waals surface area contributed by atoms with Gasteiger partial charge < -0.3 is 5.32 Å². The molecule has 2 aromatic carbocycles. The summed E-state index contributed by atoms with van der Waals surface area (Å²) in [5.41, 5.74) is 4.14. The summed E-state index contributed by atoms with van der Waals surface area (Å²) < 4.78 is 18.1. The van der Waals surface area contributed by atoms with Crippen molar-refractivity contribution in [2.24, 2.45) is 5.92 Å². The molecule has 0 radical (unpaired) electrons. The van der Waals surface area contributed by atoms with Gasteiger partial charge in [-0.2, -0.15) is 0 Å². The maximum absolute atomic E-state index is 13.2. The molecule has 1 aliphatic rings. The minimum absolute atomic E-state index is 0.0183. The number of fused-ring (bicyclic) bond motifs is 1. The lowest BCUT2D eigenvalue weighted by molar-refractivity contribution is -0.116. The van der Waals surface area contributed by atoms with E-state index in [1.807, 2.05) is 12.1 Å². The van der Waals surface area contributed by atoms with Gasteiger partial charge in [-0.25, -0.2) is 9.02 Å². The molecule has 6 nitrogen and oxygen atoms in total. The molecule has 4 rings (SSSR count). The zero-order valence-electron chi connectivity index (χ0n) is 16.5. The van der Waals surface area contributed by atoms with Gasteiger partial charge in [-0.15, -0.1) is 0 Å². The summed E-state index contributed by atoms with van der Waals surface area (Å²) >= 11 is 0. The molecule has 0 unspecified atom stereocenters. The number of carbonyl (C=O) groups is 1. The van der Waals surface area contributed by atoms with Crippen LogP contribution in [0.5, 0.6) is 0 Å². The van der Waals surface area contributed by atoms with Gasteiger partial charge in [-0.05, 0) is 84.4 Å². The van der Waals surface area contributed by atoms with Crippen LogP contribution in [0.25, 0.3) is 11.0 Å². The standard InChI is InChI=1S/C22H25FN4O2/c1-15-12-18(23)8-9-19(15)24-21(28)10-7-16-4-3-11-27(13-16)14-17-5-2-6-20-22(17)26-29-25-20/h2,5-6,8-9,12,16H,3-4,7,10-11,13-14H2,1H3,(H,24,28)/t16-/m1/s1. The third kappa shape index (κ3) is 4.79. The number of hydrogen-bond acceptors (Lipinski definition) is 5. The summed E-state index contributed by atoms with van der Waals surface area (Å²) in [6.07, 6.45) is 3.57. The molecule has 1 aliphatic heterocycles. The number of amides is 1. The highest BCUT2D eigenvalue weighted by molar-refractivity contribution is 5.91. The minimum atomic E-state index is -0.292. The average Bonchev–Trinajstić information content (AvgIpc) is 3.19. The fourth-order valence-electron chi connectivity index (χ4n) is 4.08. The van der Waals surface area contributed by atoms with Crippen molar-refractivity contribution in [3.05, 3.63) is 53.3 Å². The van der Waals surface area contributed by atoms with E-state index in [1.54, 1.807) is 13.0 Å². The zero-order valence-corrected chi connectivity index (χ0v) is 16.5. The Morgan fingerprint density at radius 3 is 3.07 bits per heavy atom. The molecule has 1 aromatic heterocycles. The number of benzene rings is 2. The monoisotopic (exact) mass is 396 g/mol. The van der Waals surface area contributed by atoms with Gasteiger partial charge in [-0.3, -0.25) is 9.69 Å². The topological polar surface area (TPSA) is 71.3 Å². The van der Waals surface area contributed by atoms with Gasteiger partial charge in [0.25, 0.3) is 0 Å². The Balaban J connectivity index is 1.29. The van der Waals surface area contributed by atoms with Crippen molar-refractivity contribution in [3.8, 4) is 0 Å². The third-order valence-electron chi connectivity index (χ3n) is 5.61. The summed E-state index contributed by atoms with van der Waals surface area (Å²) in [4.78, 5) is 14.8. The molecule has 2 heterocycles. The van der Waals surface area contributed by atoms with Gasteiger partial charge >= 0.3 is 0 Å². The van der Waals surface area contributed by atoms with Crippen molar-refractivity contribution >= 4 is 22.6 Å². The predicted octanol–water partition coefficient (Wildman–Crippen LogP) is 4.30. The first-order chi connectivity index (χ1) is 14.1. The van der Waals surface area contributed by atoms with Crippen LogP contribution in [0.3, 0.4) is 0 Å². The summed E-state index contributed by atoms with van der Waals surface area (Å²) in [6.45, 7) is 4.61. The SMILES string of the molecule is Cc1cc(F)ccc1NC(=O)CC[C@H]1CCCN(Cc2cccc3nonc23)C1. The van der Waals surface area contributed by atoms with Gasteiger partial charge in [0.1, 0.15) is 16.9 Å². The molecule has 0 aliphatic carbocycles. The van der Waals surface area contributed by atoms with Gasteiger partial charge in [0.05, 0.1) is 0 Å². The summed E-state index contributed by atoms with van der Waals surface area (Å²) in [6, 6.07) is 10.4. The van der Waals surface area contributed by atoms with Crippen LogP contribution in [-0.2, 0) is 11.3 Å². The Morgan fingerprint density at radius 2 is 2.21 bits per heavy atom. The zero-order chi connectivity index (χ0) is 20.2. The second-order valence-electron chi connectivity index (χ2n) is 7.84. The largest absolute Gasteiger partial charge is 0.326 e. The number of nitrogens with one attached hydrogen (secondary N) is 1. The molecular weight excluding hydrogens is 371 g/mol. The fraction of sp³-hybridized carbons (Fsp3) is 0.409. The quantitative estimate of drug-likeness (QED) is 0.673. The molecule has 3 aromatic rings. The van der Waals surface area contributed by atoms with Crippen molar-refractivity contribution in [1.82, 2.24) is 15.2 Å². The fourth-order valence-corrected chi connectivity index (χ4v) is 4.08.